The number of halogens is 1. The van der Waals surface area contributed by atoms with E-state index in [2.05, 4.69) is 30.1 Å². The monoisotopic (exact) mass is 355 g/mol. The van der Waals surface area contributed by atoms with Crippen molar-refractivity contribution in [2.24, 2.45) is 5.92 Å². The van der Waals surface area contributed by atoms with Gasteiger partial charge in [0, 0.05) is 28.8 Å². The number of anilines is 1. The van der Waals surface area contributed by atoms with E-state index >= 15 is 0 Å². The van der Waals surface area contributed by atoms with Crippen LogP contribution in [0.1, 0.15) is 36.1 Å². The maximum absolute atomic E-state index is 6.22. The lowest BCUT2D eigenvalue weighted by atomic mass is 9.77. The normalized spacial score (nSPS) is 24.6. The molecule has 4 rings (SSSR count). The Bertz CT molecular complexity index is 776. The van der Waals surface area contributed by atoms with Crippen molar-refractivity contribution in [1.29, 1.82) is 0 Å². The highest BCUT2D eigenvalue weighted by Gasteiger charge is 2.39. The summed E-state index contributed by atoms with van der Waals surface area (Å²) in [5.41, 5.74) is 3.50. The van der Waals surface area contributed by atoms with Crippen molar-refractivity contribution in [2.75, 3.05) is 18.5 Å². The summed E-state index contributed by atoms with van der Waals surface area (Å²) in [7, 11) is 0. The van der Waals surface area contributed by atoms with Crippen LogP contribution in [0.5, 0.6) is 5.75 Å². The van der Waals surface area contributed by atoms with Crippen LogP contribution in [-0.4, -0.2) is 13.2 Å². The second-order valence-electron chi connectivity index (χ2n) is 6.62. The zero-order valence-electron chi connectivity index (χ0n) is 14.1. The predicted octanol–water partition coefficient (Wildman–Crippen LogP) is 5.54. The molecule has 0 unspecified atom stereocenters. The van der Waals surface area contributed by atoms with Gasteiger partial charge in [-0.1, -0.05) is 36.4 Å². The summed E-state index contributed by atoms with van der Waals surface area (Å²) in [6.07, 6.45) is 4.07. The van der Waals surface area contributed by atoms with E-state index in [1.54, 1.807) is 6.08 Å². The van der Waals surface area contributed by atoms with Gasteiger partial charge in [-0.2, -0.15) is 0 Å². The van der Waals surface area contributed by atoms with Crippen LogP contribution >= 0.6 is 11.6 Å². The maximum atomic E-state index is 6.22. The van der Waals surface area contributed by atoms with E-state index in [1.807, 2.05) is 24.3 Å². The number of rotatable bonds is 4. The van der Waals surface area contributed by atoms with E-state index < -0.39 is 0 Å². The van der Waals surface area contributed by atoms with Crippen LogP contribution in [0.25, 0.3) is 0 Å². The quantitative estimate of drug-likeness (QED) is 0.730. The van der Waals surface area contributed by atoms with Gasteiger partial charge in [-0.05, 0) is 48.7 Å². The zero-order valence-corrected chi connectivity index (χ0v) is 14.8. The van der Waals surface area contributed by atoms with E-state index in [-0.39, 0.29) is 12.1 Å². The lowest BCUT2D eigenvalue weighted by Gasteiger charge is -2.43. The molecule has 2 aromatic carbocycles. The summed E-state index contributed by atoms with van der Waals surface area (Å²) in [6, 6.07) is 14.5. The molecule has 4 heteroatoms. The molecule has 25 heavy (non-hydrogen) atoms. The van der Waals surface area contributed by atoms with Crippen molar-refractivity contribution >= 4 is 17.3 Å². The molecule has 0 radical (unpaired) electrons. The first-order chi connectivity index (χ1) is 12.3. The number of fused-ring (bicyclic) bond motifs is 3. The molecule has 0 aromatic heterocycles. The number of benzene rings is 2. The van der Waals surface area contributed by atoms with E-state index in [1.165, 1.54) is 11.1 Å². The molecule has 0 bridgehead atoms. The molecule has 1 saturated heterocycles. The fourth-order valence-electron chi connectivity index (χ4n) is 3.92. The predicted molar refractivity (Wildman–Crippen MR) is 101 cm³/mol. The van der Waals surface area contributed by atoms with Crippen molar-refractivity contribution in [1.82, 2.24) is 0 Å². The third kappa shape index (κ3) is 3.26. The van der Waals surface area contributed by atoms with Gasteiger partial charge in [-0.25, -0.2) is 0 Å². The second kappa shape index (κ2) is 7.11. The van der Waals surface area contributed by atoms with Crippen molar-refractivity contribution in [2.45, 2.75) is 25.0 Å². The van der Waals surface area contributed by atoms with Crippen LogP contribution in [0.3, 0.4) is 0 Å². The minimum atomic E-state index is 0.0893. The minimum Gasteiger partial charge on any atom is -0.490 e. The number of hydrogen-bond acceptors (Lipinski definition) is 3. The Morgan fingerprint density at radius 1 is 1.28 bits per heavy atom. The van der Waals surface area contributed by atoms with Crippen LogP contribution in [-0.2, 0) is 4.74 Å². The highest BCUT2D eigenvalue weighted by atomic mass is 35.5. The highest BCUT2D eigenvalue weighted by molar-refractivity contribution is 6.30. The van der Waals surface area contributed by atoms with Crippen LogP contribution in [0.4, 0.5) is 5.69 Å². The molecule has 2 aromatic rings. The van der Waals surface area contributed by atoms with E-state index in [0.717, 1.165) is 35.9 Å². The Labute approximate surface area is 153 Å². The molecule has 0 spiro atoms. The molecular weight excluding hydrogens is 334 g/mol. The van der Waals surface area contributed by atoms with E-state index in [4.69, 9.17) is 21.1 Å². The number of hydrogen-bond donors (Lipinski definition) is 1. The lowest BCUT2D eigenvalue weighted by Crippen LogP contribution is -2.36. The lowest BCUT2D eigenvalue weighted by molar-refractivity contribution is -0.0381. The molecule has 2 aliphatic rings. The van der Waals surface area contributed by atoms with Gasteiger partial charge < -0.3 is 14.8 Å². The summed E-state index contributed by atoms with van der Waals surface area (Å²) in [5.74, 6) is 1.25. The van der Waals surface area contributed by atoms with Crippen LogP contribution in [0.2, 0.25) is 5.02 Å². The molecular formula is C21H22ClNO2. The van der Waals surface area contributed by atoms with Crippen LogP contribution in [0.15, 0.2) is 55.1 Å². The van der Waals surface area contributed by atoms with Crippen LogP contribution in [0, 0.1) is 5.92 Å². The van der Waals surface area contributed by atoms with Crippen molar-refractivity contribution in [3.05, 3.63) is 71.3 Å². The van der Waals surface area contributed by atoms with E-state index in [9.17, 15) is 0 Å². The average Bonchev–Trinajstić information content (AvgIpc) is 2.66. The second-order valence-corrected chi connectivity index (χ2v) is 7.06. The molecule has 3 nitrogen and oxygen atoms in total. The average molecular weight is 356 g/mol. The van der Waals surface area contributed by atoms with Crippen molar-refractivity contribution in [3.8, 4) is 5.75 Å². The molecule has 2 aliphatic heterocycles. The summed E-state index contributed by atoms with van der Waals surface area (Å²) in [5, 5.41) is 4.46. The third-order valence-corrected chi connectivity index (χ3v) is 5.25. The zero-order chi connectivity index (χ0) is 17.2. The van der Waals surface area contributed by atoms with E-state index in [0.29, 0.717) is 12.5 Å². The molecule has 0 saturated carbocycles. The first-order valence-corrected chi connectivity index (χ1v) is 9.15. The van der Waals surface area contributed by atoms with Crippen molar-refractivity contribution in [3.63, 3.8) is 0 Å². The number of ether oxygens (including phenoxy) is 2. The van der Waals surface area contributed by atoms with Crippen LogP contribution < -0.4 is 10.1 Å². The smallest absolute Gasteiger partial charge is 0.120 e. The molecule has 1 fully saturated rings. The van der Waals surface area contributed by atoms with Gasteiger partial charge in [-0.15, -0.1) is 0 Å². The first kappa shape index (κ1) is 16.5. The molecule has 0 aliphatic carbocycles. The Kier molecular flexibility index (Phi) is 4.69. The SMILES string of the molecule is C=CCOc1cccc([C@@H]2Nc3ccc(Cl)cc3[C@H]3OCCC[C@H]32)c1. The number of nitrogens with one attached hydrogen (secondary N) is 1. The topological polar surface area (TPSA) is 30.5 Å². The van der Waals surface area contributed by atoms with Gasteiger partial charge in [0.25, 0.3) is 0 Å². The Morgan fingerprint density at radius 3 is 3.08 bits per heavy atom. The van der Waals surface area contributed by atoms with Gasteiger partial charge in [-0.3, -0.25) is 0 Å². The van der Waals surface area contributed by atoms with Gasteiger partial charge in [0.15, 0.2) is 0 Å². The first-order valence-electron chi connectivity index (χ1n) is 8.77. The van der Waals surface area contributed by atoms with Gasteiger partial charge in [0.05, 0.1) is 12.1 Å². The summed E-state index contributed by atoms with van der Waals surface area (Å²) in [6.45, 7) is 5.03. The highest BCUT2D eigenvalue weighted by Crippen LogP contribution is 2.49. The van der Waals surface area contributed by atoms with Crippen molar-refractivity contribution < 1.29 is 9.47 Å². The molecule has 1 N–H and O–H groups in total. The van der Waals surface area contributed by atoms with Gasteiger partial charge in [0.1, 0.15) is 12.4 Å². The fraction of sp³-hybridized carbons (Fsp3) is 0.333. The minimum absolute atomic E-state index is 0.0893. The summed E-state index contributed by atoms with van der Waals surface area (Å²) >= 11 is 6.22. The molecule has 3 atom stereocenters. The molecule has 0 amide bonds. The third-order valence-electron chi connectivity index (χ3n) is 5.01. The Morgan fingerprint density at radius 2 is 2.20 bits per heavy atom. The Hall–Kier alpha value is -1.97. The summed E-state index contributed by atoms with van der Waals surface area (Å²) in [4.78, 5) is 0. The maximum Gasteiger partial charge on any atom is 0.120 e. The van der Waals surface area contributed by atoms with Gasteiger partial charge >= 0.3 is 0 Å². The fourth-order valence-corrected chi connectivity index (χ4v) is 4.11. The summed E-state index contributed by atoms with van der Waals surface area (Å²) < 4.78 is 11.9. The molecule has 2 heterocycles. The molecule has 130 valence electrons. The standard InChI is InChI=1S/C21H22ClNO2/c1-2-10-24-16-6-3-5-14(12-16)20-17-7-4-11-25-21(17)18-13-15(22)8-9-19(18)23-20/h2-3,5-6,8-9,12-13,17,20-21,23H,1,4,7,10-11H2/t17-,20-,21-/m0/s1. The Balaban J connectivity index is 1.70. The van der Waals surface area contributed by atoms with Gasteiger partial charge in [0.2, 0.25) is 0 Å². The largest absolute Gasteiger partial charge is 0.490 e.